The molecule has 0 fully saturated rings. The van der Waals surface area contributed by atoms with Crippen LogP contribution >= 0.6 is 0 Å². The number of hydrogen-bond acceptors (Lipinski definition) is 7. The van der Waals surface area contributed by atoms with E-state index in [1.807, 2.05) is 37.3 Å². The van der Waals surface area contributed by atoms with Gasteiger partial charge in [0.15, 0.2) is 8.32 Å². The van der Waals surface area contributed by atoms with E-state index in [4.69, 9.17) is 28.1 Å². The van der Waals surface area contributed by atoms with Gasteiger partial charge in [0.2, 0.25) is 0 Å². The molecule has 0 heterocycles. The molecule has 31 heavy (non-hydrogen) atoms. The minimum absolute atomic E-state index is 0.0287. The lowest BCUT2D eigenvalue weighted by molar-refractivity contribution is -0.216. The Hall–Kier alpha value is -0.843. The maximum atomic E-state index is 10.0. The zero-order chi connectivity index (χ0) is 23.5. The van der Waals surface area contributed by atoms with E-state index >= 15 is 0 Å². The number of aliphatic hydroxyl groups is 1. The molecule has 0 radical (unpaired) electrons. The Balaban J connectivity index is 3.17. The van der Waals surface area contributed by atoms with E-state index < -0.39 is 26.6 Å². The lowest BCUT2D eigenvalue weighted by Crippen LogP contribution is -2.54. The quantitative estimate of drug-likeness (QED) is 0.315. The molecule has 0 aliphatic carbocycles. The van der Waals surface area contributed by atoms with Crippen molar-refractivity contribution in [1.29, 1.82) is 0 Å². The Morgan fingerprint density at radius 1 is 0.903 bits per heavy atom. The number of ether oxygens (including phenoxy) is 5. The van der Waals surface area contributed by atoms with Gasteiger partial charge >= 0.3 is 0 Å². The Labute approximate surface area is 189 Å². The molecule has 0 saturated carbocycles. The first kappa shape index (κ1) is 28.2. The fraction of sp³-hybridized carbons (Fsp3) is 0.739. The Kier molecular flexibility index (Phi) is 12.4. The maximum Gasteiger partial charge on any atom is 0.192 e. The first-order chi connectivity index (χ1) is 14.6. The molecule has 0 aromatic heterocycles. The van der Waals surface area contributed by atoms with Gasteiger partial charge in [-0.05, 0) is 30.6 Å². The van der Waals surface area contributed by atoms with Gasteiger partial charge in [-0.15, -0.1) is 0 Å². The number of hydrogen-bond donors (Lipinski definition) is 1. The third-order valence-electron chi connectivity index (χ3n) is 5.68. The lowest BCUT2D eigenvalue weighted by Gasteiger charge is -2.42. The van der Waals surface area contributed by atoms with Crippen molar-refractivity contribution in [3.63, 3.8) is 0 Å². The molecule has 0 unspecified atom stereocenters. The van der Waals surface area contributed by atoms with Gasteiger partial charge in [0.1, 0.15) is 31.9 Å². The molecule has 0 saturated heterocycles. The number of aliphatic hydroxyl groups excluding tert-OH is 1. The molecule has 0 spiro atoms. The highest BCUT2D eigenvalue weighted by atomic mass is 28.4. The molecule has 0 aliphatic heterocycles. The fourth-order valence-electron chi connectivity index (χ4n) is 2.94. The maximum absolute atomic E-state index is 10.0. The van der Waals surface area contributed by atoms with E-state index in [0.29, 0.717) is 6.61 Å². The van der Waals surface area contributed by atoms with Gasteiger partial charge in [0.25, 0.3) is 0 Å². The predicted octanol–water partition coefficient (Wildman–Crippen LogP) is 3.95. The van der Waals surface area contributed by atoms with E-state index in [9.17, 15) is 5.11 Å². The van der Waals surface area contributed by atoms with Crippen molar-refractivity contribution in [2.45, 2.75) is 76.8 Å². The van der Waals surface area contributed by atoms with Gasteiger partial charge in [-0.1, -0.05) is 51.1 Å². The minimum Gasteiger partial charge on any atom is -0.411 e. The van der Waals surface area contributed by atoms with Crippen LogP contribution in [0.2, 0.25) is 18.1 Å². The highest BCUT2D eigenvalue weighted by Crippen LogP contribution is 2.38. The van der Waals surface area contributed by atoms with E-state index in [2.05, 4.69) is 33.9 Å². The van der Waals surface area contributed by atoms with Crippen LogP contribution in [-0.4, -0.2) is 72.3 Å². The van der Waals surface area contributed by atoms with Gasteiger partial charge in [-0.25, -0.2) is 0 Å². The second kappa shape index (κ2) is 13.6. The molecule has 4 atom stereocenters. The molecular weight excluding hydrogens is 416 g/mol. The van der Waals surface area contributed by atoms with Crippen molar-refractivity contribution in [2.24, 2.45) is 0 Å². The molecule has 7 nitrogen and oxygen atoms in total. The van der Waals surface area contributed by atoms with E-state index in [1.54, 1.807) is 7.11 Å². The fourth-order valence-corrected chi connectivity index (χ4v) is 4.36. The van der Waals surface area contributed by atoms with Crippen LogP contribution in [0, 0.1) is 0 Å². The molecular formula is C23H42O7Si. The summed E-state index contributed by atoms with van der Waals surface area (Å²) < 4.78 is 34.8. The minimum atomic E-state index is -2.08. The number of rotatable bonds is 15. The van der Waals surface area contributed by atoms with Crippen LogP contribution in [0.3, 0.4) is 0 Å². The SMILES string of the molecule is COCO[C@@H]([C@@H](OCc1ccccc1)[C@@H](C)O[Si](C)(C)C(C)(C)C)[C@@H](CO)OCOC. The summed E-state index contributed by atoms with van der Waals surface area (Å²) >= 11 is 0. The van der Waals surface area contributed by atoms with Crippen LogP contribution in [0.5, 0.6) is 0 Å². The van der Waals surface area contributed by atoms with E-state index in [0.717, 1.165) is 5.56 Å². The smallest absolute Gasteiger partial charge is 0.192 e. The average molecular weight is 459 g/mol. The van der Waals surface area contributed by atoms with Crippen LogP contribution in [0.4, 0.5) is 0 Å². The van der Waals surface area contributed by atoms with Gasteiger partial charge in [0.05, 0.1) is 19.3 Å². The summed E-state index contributed by atoms with van der Waals surface area (Å²) in [5.41, 5.74) is 1.04. The third kappa shape index (κ3) is 9.27. The molecule has 8 heteroatoms. The van der Waals surface area contributed by atoms with Crippen molar-refractivity contribution in [1.82, 2.24) is 0 Å². The van der Waals surface area contributed by atoms with Gasteiger partial charge in [0, 0.05) is 14.2 Å². The first-order valence-electron chi connectivity index (χ1n) is 10.7. The number of benzene rings is 1. The van der Waals surface area contributed by atoms with Crippen LogP contribution in [0.1, 0.15) is 33.3 Å². The van der Waals surface area contributed by atoms with Gasteiger partial charge in [-0.2, -0.15) is 0 Å². The van der Waals surface area contributed by atoms with Crippen molar-refractivity contribution >= 4 is 8.32 Å². The monoisotopic (exact) mass is 458 g/mol. The predicted molar refractivity (Wildman–Crippen MR) is 123 cm³/mol. The normalized spacial score (nSPS) is 16.7. The van der Waals surface area contributed by atoms with Crippen molar-refractivity contribution in [2.75, 3.05) is 34.4 Å². The van der Waals surface area contributed by atoms with Crippen molar-refractivity contribution in [3.8, 4) is 0 Å². The second-order valence-corrected chi connectivity index (χ2v) is 13.9. The largest absolute Gasteiger partial charge is 0.411 e. The highest BCUT2D eigenvalue weighted by Gasteiger charge is 2.43. The van der Waals surface area contributed by atoms with Gasteiger partial charge in [-0.3, -0.25) is 0 Å². The molecule has 0 aliphatic rings. The van der Waals surface area contributed by atoms with Crippen LogP contribution < -0.4 is 0 Å². The zero-order valence-corrected chi connectivity index (χ0v) is 21.4. The number of methoxy groups -OCH3 is 2. The Morgan fingerprint density at radius 3 is 2.00 bits per heavy atom. The third-order valence-corrected chi connectivity index (χ3v) is 10.3. The average Bonchev–Trinajstić information content (AvgIpc) is 2.71. The molecule has 1 N–H and O–H groups in total. The second-order valence-electron chi connectivity index (χ2n) is 9.18. The Morgan fingerprint density at radius 2 is 1.48 bits per heavy atom. The van der Waals surface area contributed by atoms with E-state index in [1.165, 1.54) is 7.11 Å². The summed E-state index contributed by atoms with van der Waals surface area (Å²) in [6, 6.07) is 9.93. The molecule has 1 aromatic carbocycles. The molecule has 0 bridgehead atoms. The van der Waals surface area contributed by atoms with Crippen molar-refractivity contribution < 1.29 is 33.2 Å². The molecule has 0 amide bonds. The first-order valence-corrected chi connectivity index (χ1v) is 13.6. The molecule has 1 rings (SSSR count). The summed E-state index contributed by atoms with van der Waals surface area (Å²) in [6.45, 7) is 13.2. The topological polar surface area (TPSA) is 75.6 Å². The van der Waals surface area contributed by atoms with Crippen LogP contribution in [0.15, 0.2) is 30.3 Å². The Bertz CT molecular complexity index is 591. The zero-order valence-electron chi connectivity index (χ0n) is 20.4. The summed E-state index contributed by atoms with van der Waals surface area (Å²) in [6.07, 6.45) is -2.09. The molecule has 180 valence electrons. The summed E-state index contributed by atoms with van der Waals surface area (Å²) in [5, 5.41) is 10.0. The van der Waals surface area contributed by atoms with Gasteiger partial charge < -0.3 is 33.2 Å². The van der Waals surface area contributed by atoms with Crippen molar-refractivity contribution in [3.05, 3.63) is 35.9 Å². The summed E-state index contributed by atoms with van der Waals surface area (Å²) in [5.74, 6) is 0. The standard InChI is InChI=1S/C23H42O7Si/c1-18(30-31(7,8)23(2,3)4)21(27-15-19-12-10-9-11-13-19)22(29-17-26-6)20(14-24)28-16-25-5/h9-13,18,20-22,24H,14-17H2,1-8H3/t18-,20-,21+,22-/m1/s1. The van der Waals surface area contributed by atoms with Crippen LogP contribution in [-0.2, 0) is 34.7 Å². The van der Waals surface area contributed by atoms with Crippen LogP contribution in [0.25, 0.3) is 0 Å². The van der Waals surface area contributed by atoms with E-state index in [-0.39, 0.29) is 31.3 Å². The molecule has 1 aromatic rings. The summed E-state index contributed by atoms with van der Waals surface area (Å²) in [4.78, 5) is 0. The lowest BCUT2D eigenvalue weighted by atomic mass is 10.0. The summed E-state index contributed by atoms with van der Waals surface area (Å²) in [7, 11) is 1.00. The highest BCUT2D eigenvalue weighted by molar-refractivity contribution is 6.74.